The minimum Gasteiger partial charge on any atom is -0.438 e. The Morgan fingerprint density at radius 3 is 2.72 bits per heavy atom. The first-order valence-electron chi connectivity index (χ1n) is 7.32. The maximum absolute atomic E-state index is 13.0. The standard InChI is InChI=1S/C17H13ClFN3O2S/c1-10(14-6-7-15(18)25-14)22-16(23)13-8-20-9-21-17(13)24-12-4-2-11(19)3-5-12/h2-10H,1H3,(H,22,23)/t10-/m1/s1. The smallest absolute Gasteiger partial charge is 0.258 e. The molecule has 2 heterocycles. The Labute approximate surface area is 152 Å². The summed E-state index contributed by atoms with van der Waals surface area (Å²) in [5, 5.41) is 2.85. The lowest BCUT2D eigenvalue weighted by molar-refractivity contribution is 0.0937. The summed E-state index contributed by atoms with van der Waals surface area (Å²) >= 11 is 7.32. The SMILES string of the molecule is C[C@@H](NC(=O)c1cncnc1Oc1ccc(F)cc1)c1ccc(Cl)s1. The molecule has 128 valence electrons. The van der Waals surface area contributed by atoms with E-state index in [0.29, 0.717) is 10.1 Å². The van der Waals surface area contributed by atoms with Crippen LogP contribution in [0.25, 0.3) is 0 Å². The predicted octanol–water partition coefficient (Wildman–Crippen LogP) is 4.61. The number of hydrogen-bond acceptors (Lipinski definition) is 5. The van der Waals surface area contributed by atoms with Crippen LogP contribution >= 0.6 is 22.9 Å². The Morgan fingerprint density at radius 2 is 2.04 bits per heavy atom. The van der Waals surface area contributed by atoms with Crippen LogP contribution in [0.15, 0.2) is 48.9 Å². The van der Waals surface area contributed by atoms with Crippen LogP contribution in [0.4, 0.5) is 4.39 Å². The Bertz CT molecular complexity index is 886. The van der Waals surface area contributed by atoms with Gasteiger partial charge in [0.2, 0.25) is 5.88 Å². The van der Waals surface area contributed by atoms with Crippen molar-refractivity contribution in [1.29, 1.82) is 0 Å². The third-order valence-corrected chi connectivity index (χ3v) is 4.73. The number of aromatic nitrogens is 2. The molecule has 1 aromatic carbocycles. The number of thiophene rings is 1. The highest BCUT2D eigenvalue weighted by atomic mass is 35.5. The van der Waals surface area contributed by atoms with Crippen LogP contribution in [-0.2, 0) is 0 Å². The van der Waals surface area contributed by atoms with Crippen molar-refractivity contribution in [2.45, 2.75) is 13.0 Å². The molecule has 5 nitrogen and oxygen atoms in total. The van der Waals surface area contributed by atoms with Crippen LogP contribution < -0.4 is 10.1 Å². The molecule has 1 atom stereocenters. The Kier molecular flexibility index (Phi) is 5.25. The van der Waals surface area contributed by atoms with Gasteiger partial charge in [0.05, 0.1) is 10.4 Å². The van der Waals surface area contributed by atoms with E-state index in [1.807, 2.05) is 13.0 Å². The first-order chi connectivity index (χ1) is 12.0. The number of nitrogens with one attached hydrogen (secondary N) is 1. The van der Waals surface area contributed by atoms with Gasteiger partial charge in [-0.25, -0.2) is 14.4 Å². The summed E-state index contributed by atoms with van der Waals surface area (Å²) < 4.78 is 19.2. The fourth-order valence-corrected chi connectivity index (χ4v) is 3.14. The lowest BCUT2D eigenvalue weighted by Crippen LogP contribution is -2.26. The van der Waals surface area contributed by atoms with Gasteiger partial charge in [-0.1, -0.05) is 11.6 Å². The zero-order valence-electron chi connectivity index (χ0n) is 13.1. The van der Waals surface area contributed by atoms with Gasteiger partial charge in [-0.15, -0.1) is 11.3 Å². The molecule has 1 N–H and O–H groups in total. The average Bonchev–Trinajstić information content (AvgIpc) is 3.04. The van der Waals surface area contributed by atoms with Crippen molar-refractivity contribution in [3.63, 3.8) is 0 Å². The molecule has 1 amide bonds. The number of carbonyl (C=O) groups is 1. The number of carbonyl (C=O) groups excluding carboxylic acids is 1. The van der Waals surface area contributed by atoms with Gasteiger partial charge in [0.1, 0.15) is 23.5 Å². The Hall–Kier alpha value is -2.51. The maximum Gasteiger partial charge on any atom is 0.258 e. The molecule has 0 spiro atoms. The Balaban J connectivity index is 1.77. The summed E-state index contributed by atoms with van der Waals surface area (Å²) in [7, 11) is 0. The zero-order chi connectivity index (χ0) is 17.8. The van der Waals surface area contributed by atoms with Crippen LogP contribution in [-0.4, -0.2) is 15.9 Å². The molecule has 0 aliphatic rings. The normalized spacial score (nSPS) is 11.8. The first kappa shape index (κ1) is 17.3. The molecule has 0 unspecified atom stereocenters. The molecule has 3 rings (SSSR count). The number of amides is 1. The van der Waals surface area contributed by atoms with Crippen molar-refractivity contribution >= 4 is 28.8 Å². The van der Waals surface area contributed by atoms with E-state index >= 15 is 0 Å². The minimum absolute atomic E-state index is 0.0931. The van der Waals surface area contributed by atoms with Gasteiger partial charge in [0.25, 0.3) is 5.91 Å². The molecular formula is C17H13ClFN3O2S. The topological polar surface area (TPSA) is 64.1 Å². The third kappa shape index (κ3) is 4.32. The van der Waals surface area contributed by atoms with Gasteiger partial charge in [0, 0.05) is 11.1 Å². The minimum atomic E-state index is -0.380. The number of halogens is 2. The van der Waals surface area contributed by atoms with E-state index in [-0.39, 0.29) is 29.2 Å². The second-order valence-corrected chi connectivity index (χ2v) is 6.88. The third-order valence-electron chi connectivity index (χ3n) is 3.32. The Morgan fingerprint density at radius 1 is 1.28 bits per heavy atom. The second kappa shape index (κ2) is 7.58. The summed E-state index contributed by atoms with van der Waals surface area (Å²) in [6.45, 7) is 1.85. The van der Waals surface area contributed by atoms with E-state index in [2.05, 4.69) is 15.3 Å². The van der Waals surface area contributed by atoms with Crippen LogP contribution in [0.2, 0.25) is 4.34 Å². The van der Waals surface area contributed by atoms with Crippen molar-refractivity contribution in [2.75, 3.05) is 0 Å². The molecule has 0 saturated carbocycles. The number of rotatable bonds is 5. The van der Waals surface area contributed by atoms with Crippen molar-refractivity contribution in [2.24, 2.45) is 0 Å². The average molecular weight is 378 g/mol. The van der Waals surface area contributed by atoms with E-state index in [1.165, 1.54) is 48.1 Å². The molecule has 8 heteroatoms. The van der Waals surface area contributed by atoms with Crippen molar-refractivity contribution < 1.29 is 13.9 Å². The van der Waals surface area contributed by atoms with Crippen LogP contribution in [0.3, 0.4) is 0 Å². The van der Waals surface area contributed by atoms with E-state index in [0.717, 1.165) is 4.88 Å². The van der Waals surface area contributed by atoms with Crippen molar-refractivity contribution in [3.8, 4) is 11.6 Å². The summed E-state index contributed by atoms with van der Waals surface area (Å²) in [5.41, 5.74) is 0.182. The monoisotopic (exact) mass is 377 g/mol. The molecule has 2 aromatic heterocycles. The largest absolute Gasteiger partial charge is 0.438 e. The highest BCUT2D eigenvalue weighted by Gasteiger charge is 2.18. The first-order valence-corrected chi connectivity index (χ1v) is 8.52. The van der Waals surface area contributed by atoms with Gasteiger partial charge in [-0.2, -0.15) is 0 Å². The lowest BCUT2D eigenvalue weighted by Gasteiger charge is -2.14. The van der Waals surface area contributed by atoms with Gasteiger partial charge < -0.3 is 10.1 Å². The molecule has 0 saturated heterocycles. The fraction of sp³-hybridized carbons (Fsp3) is 0.118. The number of ether oxygens (including phenoxy) is 1. The summed E-state index contributed by atoms with van der Waals surface area (Å²) in [4.78, 5) is 21.3. The van der Waals surface area contributed by atoms with E-state index < -0.39 is 0 Å². The highest BCUT2D eigenvalue weighted by Crippen LogP contribution is 2.28. The van der Waals surface area contributed by atoms with Gasteiger partial charge in [-0.05, 0) is 43.3 Å². The fourth-order valence-electron chi connectivity index (χ4n) is 2.08. The van der Waals surface area contributed by atoms with E-state index in [9.17, 15) is 9.18 Å². The highest BCUT2D eigenvalue weighted by molar-refractivity contribution is 7.16. The van der Waals surface area contributed by atoms with Crippen molar-refractivity contribution in [1.82, 2.24) is 15.3 Å². The van der Waals surface area contributed by atoms with Gasteiger partial charge >= 0.3 is 0 Å². The molecular weight excluding hydrogens is 365 g/mol. The second-order valence-electron chi connectivity index (χ2n) is 5.13. The zero-order valence-corrected chi connectivity index (χ0v) is 14.6. The molecule has 0 bridgehead atoms. The van der Waals surface area contributed by atoms with E-state index in [4.69, 9.17) is 16.3 Å². The van der Waals surface area contributed by atoms with Crippen LogP contribution in [0.1, 0.15) is 28.2 Å². The molecule has 25 heavy (non-hydrogen) atoms. The maximum atomic E-state index is 13.0. The van der Waals surface area contributed by atoms with Crippen LogP contribution in [0, 0.1) is 5.82 Å². The molecule has 0 aliphatic heterocycles. The lowest BCUT2D eigenvalue weighted by atomic mass is 10.2. The van der Waals surface area contributed by atoms with Gasteiger partial charge in [-0.3, -0.25) is 4.79 Å². The number of benzene rings is 1. The molecule has 3 aromatic rings. The summed E-state index contributed by atoms with van der Waals surface area (Å²) in [6.07, 6.45) is 2.65. The van der Waals surface area contributed by atoms with Gasteiger partial charge in [0.15, 0.2) is 0 Å². The summed E-state index contributed by atoms with van der Waals surface area (Å²) in [6, 6.07) is 8.83. The quantitative estimate of drug-likeness (QED) is 0.705. The molecule has 0 radical (unpaired) electrons. The molecule has 0 fully saturated rings. The number of hydrogen-bond donors (Lipinski definition) is 1. The predicted molar refractivity (Wildman–Crippen MR) is 93.7 cm³/mol. The van der Waals surface area contributed by atoms with Crippen molar-refractivity contribution in [3.05, 3.63) is 69.5 Å². The number of nitrogens with zero attached hydrogens (tertiary/aromatic N) is 2. The van der Waals surface area contributed by atoms with E-state index in [1.54, 1.807) is 6.07 Å². The molecule has 0 aliphatic carbocycles. The summed E-state index contributed by atoms with van der Waals surface area (Å²) in [5.74, 6) is -0.297. The van der Waals surface area contributed by atoms with Crippen LogP contribution in [0.5, 0.6) is 11.6 Å².